The minimum absolute atomic E-state index is 0.0613. The lowest BCUT2D eigenvalue weighted by molar-refractivity contribution is -0.122. The zero-order valence-electron chi connectivity index (χ0n) is 15.8. The van der Waals surface area contributed by atoms with E-state index in [2.05, 4.69) is 10.4 Å². The van der Waals surface area contributed by atoms with Gasteiger partial charge in [0.2, 0.25) is 11.9 Å². The first-order chi connectivity index (χ1) is 13.0. The molecule has 1 saturated carbocycles. The number of hydrogen-bond donors (Lipinski definition) is 1. The van der Waals surface area contributed by atoms with E-state index in [-0.39, 0.29) is 24.1 Å². The van der Waals surface area contributed by atoms with Crippen molar-refractivity contribution in [2.24, 2.45) is 0 Å². The van der Waals surface area contributed by atoms with Gasteiger partial charge in [0, 0.05) is 25.5 Å². The third-order valence-corrected chi connectivity index (χ3v) is 5.24. The van der Waals surface area contributed by atoms with Gasteiger partial charge in [0.15, 0.2) is 0 Å². The van der Waals surface area contributed by atoms with E-state index < -0.39 is 0 Å². The Balaban J connectivity index is 1.72. The fourth-order valence-corrected chi connectivity index (χ4v) is 3.91. The van der Waals surface area contributed by atoms with Crippen molar-refractivity contribution in [3.8, 4) is 0 Å². The van der Waals surface area contributed by atoms with Crippen LogP contribution in [-0.2, 0) is 11.3 Å². The molecule has 0 saturated heterocycles. The van der Waals surface area contributed by atoms with Crippen molar-refractivity contribution < 1.29 is 4.79 Å². The number of nitrogens with zero attached hydrogens (tertiary/aromatic N) is 4. The van der Waals surface area contributed by atoms with Gasteiger partial charge in [0.05, 0.1) is 5.52 Å². The fourth-order valence-electron chi connectivity index (χ4n) is 3.91. The second kappa shape index (κ2) is 7.06. The van der Waals surface area contributed by atoms with E-state index in [1.54, 1.807) is 0 Å². The average Bonchev–Trinajstić information content (AvgIpc) is 3.04. The molecule has 7 nitrogen and oxygen atoms in total. The van der Waals surface area contributed by atoms with E-state index in [0.717, 1.165) is 36.6 Å². The van der Waals surface area contributed by atoms with E-state index >= 15 is 0 Å². The minimum Gasteiger partial charge on any atom is -0.352 e. The number of rotatable bonds is 4. The monoisotopic (exact) mass is 367 g/mol. The van der Waals surface area contributed by atoms with Crippen LogP contribution >= 0.6 is 0 Å². The minimum atomic E-state index is -0.254. The van der Waals surface area contributed by atoms with Gasteiger partial charge in [0.1, 0.15) is 12.1 Å². The number of para-hydroxylation sites is 1. The van der Waals surface area contributed by atoms with Crippen molar-refractivity contribution in [3.05, 3.63) is 40.7 Å². The summed E-state index contributed by atoms with van der Waals surface area (Å²) in [6.45, 7) is -0.0613. The van der Waals surface area contributed by atoms with Gasteiger partial charge in [-0.1, -0.05) is 37.5 Å². The largest absolute Gasteiger partial charge is 0.352 e. The number of nitrogens with one attached hydrogen (secondary N) is 1. The molecule has 0 bridgehead atoms. The summed E-state index contributed by atoms with van der Waals surface area (Å²) in [6.07, 6.45) is 5.56. The summed E-state index contributed by atoms with van der Waals surface area (Å²) < 4.78 is 3.13. The van der Waals surface area contributed by atoms with E-state index in [9.17, 15) is 9.59 Å². The Morgan fingerprint density at radius 2 is 1.93 bits per heavy atom. The molecular weight excluding hydrogens is 342 g/mol. The van der Waals surface area contributed by atoms with E-state index in [4.69, 9.17) is 0 Å². The van der Waals surface area contributed by atoms with Crippen LogP contribution in [0.2, 0.25) is 0 Å². The van der Waals surface area contributed by atoms with Gasteiger partial charge in [-0.05, 0) is 25.0 Å². The molecule has 1 aliphatic rings. The molecule has 1 aliphatic carbocycles. The van der Waals surface area contributed by atoms with Crippen LogP contribution in [0.4, 0.5) is 5.95 Å². The maximum atomic E-state index is 13.0. The van der Waals surface area contributed by atoms with Crippen LogP contribution in [-0.4, -0.2) is 40.2 Å². The maximum Gasteiger partial charge on any atom is 0.291 e. The third-order valence-electron chi connectivity index (χ3n) is 5.24. The zero-order chi connectivity index (χ0) is 19.0. The van der Waals surface area contributed by atoms with E-state index in [1.165, 1.54) is 11.1 Å². The molecule has 1 aromatic carbocycles. The number of amides is 1. The predicted molar refractivity (Wildman–Crippen MR) is 106 cm³/mol. The van der Waals surface area contributed by atoms with Gasteiger partial charge in [-0.3, -0.25) is 14.0 Å². The van der Waals surface area contributed by atoms with Gasteiger partial charge in [-0.2, -0.15) is 0 Å². The number of fused-ring (bicyclic) bond motifs is 3. The fraction of sp³-hybridized carbons (Fsp3) is 0.450. The first-order valence-electron chi connectivity index (χ1n) is 9.52. The molecule has 142 valence electrons. The Morgan fingerprint density at radius 3 is 2.67 bits per heavy atom. The Hall–Kier alpha value is -2.83. The highest BCUT2D eigenvalue weighted by atomic mass is 16.2. The molecule has 1 fully saturated rings. The van der Waals surface area contributed by atoms with Crippen LogP contribution in [0.25, 0.3) is 16.4 Å². The highest BCUT2D eigenvalue weighted by Crippen LogP contribution is 2.22. The summed E-state index contributed by atoms with van der Waals surface area (Å²) in [5, 5.41) is 8.52. The van der Waals surface area contributed by atoms with E-state index in [0.29, 0.717) is 11.5 Å². The quantitative estimate of drug-likeness (QED) is 0.767. The van der Waals surface area contributed by atoms with Crippen LogP contribution in [0.15, 0.2) is 35.1 Å². The lowest BCUT2D eigenvalue weighted by atomic mass is 9.95. The van der Waals surface area contributed by atoms with Crippen molar-refractivity contribution in [2.45, 2.75) is 44.7 Å². The van der Waals surface area contributed by atoms with Crippen LogP contribution in [0.1, 0.15) is 32.1 Å². The molecular formula is C20H25N5O2. The standard InChI is InChI=1S/C20H25N5O2/c1-23(2)20-22-24(13-18(26)21-15-9-4-3-5-10-15)19(27)17-12-14-8-6-7-11-16(14)25(17)20/h6-8,11-12,15H,3-5,9-10,13H2,1-2H3,(H,21,26). The molecule has 4 rings (SSSR count). The highest BCUT2D eigenvalue weighted by molar-refractivity contribution is 5.88. The van der Waals surface area contributed by atoms with Crippen molar-refractivity contribution in [1.29, 1.82) is 0 Å². The Kier molecular flexibility index (Phi) is 4.59. The normalized spacial score (nSPS) is 15.3. The molecule has 27 heavy (non-hydrogen) atoms. The average molecular weight is 367 g/mol. The van der Waals surface area contributed by atoms with Crippen molar-refractivity contribution in [3.63, 3.8) is 0 Å². The van der Waals surface area contributed by atoms with Gasteiger partial charge in [-0.15, -0.1) is 5.10 Å². The molecule has 0 aliphatic heterocycles. The maximum absolute atomic E-state index is 13.0. The van der Waals surface area contributed by atoms with Crippen LogP contribution in [0, 0.1) is 0 Å². The summed E-state index contributed by atoms with van der Waals surface area (Å²) in [7, 11) is 3.76. The number of anilines is 1. The summed E-state index contributed by atoms with van der Waals surface area (Å²) in [5.74, 6) is 0.470. The topological polar surface area (TPSA) is 71.6 Å². The summed E-state index contributed by atoms with van der Waals surface area (Å²) >= 11 is 0. The number of carbonyl (C=O) groups excluding carboxylic acids is 1. The van der Waals surface area contributed by atoms with Crippen LogP contribution < -0.4 is 15.8 Å². The first-order valence-corrected chi connectivity index (χ1v) is 9.52. The SMILES string of the molecule is CN(C)c1nn(CC(=O)NC2CCCCC2)c(=O)c2cc3ccccc3n12. The van der Waals surface area contributed by atoms with Gasteiger partial charge < -0.3 is 10.2 Å². The van der Waals surface area contributed by atoms with Gasteiger partial charge >= 0.3 is 0 Å². The Bertz CT molecular complexity index is 1040. The number of carbonyl (C=O) groups is 1. The van der Waals surface area contributed by atoms with Crippen LogP contribution in [0.5, 0.6) is 0 Å². The molecule has 0 atom stereocenters. The molecule has 0 unspecified atom stereocenters. The lowest BCUT2D eigenvalue weighted by Gasteiger charge is -2.23. The molecule has 1 amide bonds. The van der Waals surface area contributed by atoms with Crippen molar-refractivity contribution >= 4 is 28.3 Å². The zero-order valence-corrected chi connectivity index (χ0v) is 15.8. The highest BCUT2D eigenvalue weighted by Gasteiger charge is 2.19. The molecule has 3 aromatic rings. The Labute approximate surface area is 157 Å². The molecule has 2 aromatic heterocycles. The predicted octanol–water partition coefficient (Wildman–Crippen LogP) is 2.16. The third kappa shape index (κ3) is 3.29. The lowest BCUT2D eigenvalue weighted by Crippen LogP contribution is -2.41. The molecule has 0 radical (unpaired) electrons. The molecule has 0 spiro atoms. The summed E-state index contributed by atoms with van der Waals surface area (Å²) in [4.78, 5) is 27.3. The molecule has 1 N–H and O–H groups in total. The molecule has 2 heterocycles. The number of aromatic nitrogens is 3. The van der Waals surface area contributed by atoms with Crippen molar-refractivity contribution in [2.75, 3.05) is 19.0 Å². The Morgan fingerprint density at radius 1 is 1.19 bits per heavy atom. The number of benzene rings is 1. The summed E-state index contributed by atoms with van der Waals surface area (Å²) in [5.41, 5.74) is 1.20. The second-order valence-electron chi connectivity index (χ2n) is 7.48. The number of hydrogen-bond acceptors (Lipinski definition) is 4. The smallest absolute Gasteiger partial charge is 0.291 e. The van der Waals surface area contributed by atoms with E-state index in [1.807, 2.05) is 53.7 Å². The van der Waals surface area contributed by atoms with Crippen LogP contribution in [0.3, 0.4) is 0 Å². The van der Waals surface area contributed by atoms with Gasteiger partial charge in [0.25, 0.3) is 5.56 Å². The van der Waals surface area contributed by atoms with Gasteiger partial charge in [-0.25, -0.2) is 4.68 Å². The van der Waals surface area contributed by atoms with Crippen molar-refractivity contribution in [1.82, 2.24) is 19.5 Å². The molecule has 7 heteroatoms. The first kappa shape index (κ1) is 17.6. The second-order valence-corrected chi connectivity index (χ2v) is 7.48. The summed E-state index contributed by atoms with van der Waals surface area (Å²) in [6, 6.07) is 9.91.